The number of anilines is 1. The molecule has 0 aromatic heterocycles. The van der Waals surface area contributed by atoms with E-state index in [0.717, 1.165) is 12.1 Å². The van der Waals surface area contributed by atoms with Crippen LogP contribution in [0.25, 0.3) is 0 Å². The number of alkyl halides is 3. The zero-order valence-electron chi connectivity index (χ0n) is 11.2. The lowest BCUT2D eigenvalue weighted by Gasteiger charge is -2.12. The molecular weight excluding hydrogens is 316 g/mol. The number of thiocarbonyl (C=S) groups is 1. The Morgan fingerprint density at radius 2 is 1.73 bits per heavy atom. The van der Waals surface area contributed by atoms with Crippen LogP contribution in [-0.2, 0) is 12.7 Å². The highest BCUT2D eigenvalue weighted by atomic mass is 32.1. The predicted octanol–water partition coefficient (Wildman–Crippen LogP) is 4.33. The van der Waals surface area contributed by atoms with Gasteiger partial charge in [0.05, 0.1) is 5.56 Å². The topological polar surface area (TPSA) is 24.1 Å². The molecule has 116 valence electrons. The molecule has 0 aliphatic heterocycles. The van der Waals surface area contributed by atoms with Gasteiger partial charge in [-0.1, -0.05) is 12.1 Å². The molecular formula is C15H12F4N2S. The van der Waals surface area contributed by atoms with Crippen molar-refractivity contribution in [3.8, 4) is 0 Å². The number of nitrogens with one attached hydrogen (secondary N) is 2. The van der Waals surface area contributed by atoms with Crippen LogP contribution in [0.1, 0.15) is 11.1 Å². The zero-order chi connectivity index (χ0) is 16.2. The van der Waals surface area contributed by atoms with Crippen LogP contribution in [0.3, 0.4) is 0 Å². The van der Waals surface area contributed by atoms with Crippen molar-refractivity contribution in [2.24, 2.45) is 0 Å². The third-order valence-corrected chi connectivity index (χ3v) is 3.06. The Morgan fingerprint density at radius 1 is 1.05 bits per heavy atom. The lowest BCUT2D eigenvalue weighted by molar-refractivity contribution is -0.137. The molecule has 2 aromatic rings. The average Bonchev–Trinajstić information content (AvgIpc) is 2.45. The second-order valence-electron chi connectivity index (χ2n) is 4.51. The molecule has 0 fully saturated rings. The first-order valence-electron chi connectivity index (χ1n) is 6.31. The van der Waals surface area contributed by atoms with Gasteiger partial charge in [-0.15, -0.1) is 0 Å². The summed E-state index contributed by atoms with van der Waals surface area (Å²) in [4.78, 5) is 0. The Bertz CT molecular complexity index is 653. The Morgan fingerprint density at radius 3 is 2.32 bits per heavy atom. The average molecular weight is 328 g/mol. The molecule has 0 aliphatic rings. The monoisotopic (exact) mass is 328 g/mol. The van der Waals surface area contributed by atoms with Gasteiger partial charge >= 0.3 is 6.18 Å². The second-order valence-corrected chi connectivity index (χ2v) is 4.92. The number of hydrogen-bond donors (Lipinski definition) is 2. The molecule has 0 atom stereocenters. The quantitative estimate of drug-likeness (QED) is 0.648. The van der Waals surface area contributed by atoms with Gasteiger partial charge in [-0.05, 0) is 54.2 Å². The Kier molecular flexibility index (Phi) is 4.97. The van der Waals surface area contributed by atoms with Crippen molar-refractivity contribution in [1.29, 1.82) is 0 Å². The van der Waals surface area contributed by atoms with Gasteiger partial charge in [0.25, 0.3) is 0 Å². The minimum Gasteiger partial charge on any atom is -0.358 e. The molecule has 0 unspecified atom stereocenters. The van der Waals surface area contributed by atoms with Crippen molar-refractivity contribution < 1.29 is 17.6 Å². The largest absolute Gasteiger partial charge is 0.416 e. The standard InChI is InChI=1S/C15H12F4N2S/c16-12-3-1-2-10(8-12)9-20-14(22)21-13-6-4-11(5-7-13)15(17,18)19/h1-8H,9H2,(H2,20,21,22). The smallest absolute Gasteiger partial charge is 0.358 e. The minimum atomic E-state index is -4.37. The van der Waals surface area contributed by atoms with Crippen molar-refractivity contribution in [2.75, 3.05) is 5.32 Å². The van der Waals surface area contributed by atoms with Gasteiger partial charge in [0, 0.05) is 12.2 Å². The molecule has 2 aromatic carbocycles. The van der Waals surface area contributed by atoms with Crippen LogP contribution in [-0.4, -0.2) is 5.11 Å². The molecule has 7 heteroatoms. The number of rotatable bonds is 3. The number of hydrogen-bond acceptors (Lipinski definition) is 1. The lowest BCUT2D eigenvalue weighted by atomic mass is 10.2. The third kappa shape index (κ3) is 4.70. The fourth-order valence-corrected chi connectivity index (χ4v) is 1.94. The van der Waals surface area contributed by atoms with Gasteiger partial charge in [-0.2, -0.15) is 13.2 Å². The van der Waals surface area contributed by atoms with Crippen LogP contribution in [0, 0.1) is 5.82 Å². The number of benzene rings is 2. The van der Waals surface area contributed by atoms with E-state index < -0.39 is 11.7 Å². The van der Waals surface area contributed by atoms with Crippen LogP contribution in [0.2, 0.25) is 0 Å². The van der Waals surface area contributed by atoms with E-state index >= 15 is 0 Å². The van der Waals surface area contributed by atoms with E-state index in [1.165, 1.54) is 24.3 Å². The summed E-state index contributed by atoms with van der Waals surface area (Å²) in [5.41, 5.74) is 0.415. The van der Waals surface area contributed by atoms with Crippen molar-refractivity contribution >= 4 is 23.0 Å². The van der Waals surface area contributed by atoms with E-state index in [9.17, 15) is 17.6 Å². The van der Waals surface area contributed by atoms with Gasteiger partial charge in [-0.25, -0.2) is 4.39 Å². The van der Waals surface area contributed by atoms with E-state index in [2.05, 4.69) is 10.6 Å². The van der Waals surface area contributed by atoms with Crippen LogP contribution < -0.4 is 10.6 Å². The summed E-state index contributed by atoms with van der Waals surface area (Å²) >= 11 is 5.04. The van der Waals surface area contributed by atoms with E-state index in [1.807, 2.05) is 0 Å². The summed E-state index contributed by atoms with van der Waals surface area (Å²) in [5.74, 6) is -0.346. The van der Waals surface area contributed by atoms with Gasteiger partial charge < -0.3 is 10.6 Å². The van der Waals surface area contributed by atoms with Crippen LogP contribution in [0.15, 0.2) is 48.5 Å². The molecule has 0 aliphatic carbocycles. The molecule has 0 saturated heterocycles. The van der Waals surface area contributed by atoms with Gasteiger partial charge in [0.15, 0.2) is 5.11 Å². The van der Waals surface area contributed by atoms with Gasteiger partial charge in [0.1, 0.15) is 5.82 Å². The lowest BCUT2D eigenvalue weighted by Crippen LogP contribution is -2.27. The Labute approximate surface area is 130 Å². The maximum atomic E-state index is 13.0. The molecule has 0 heterocycles. The molecule has 22 heavy (non-hydrogen) atoms. The fraction of sp³-hybridized carbons (Fsp3) is 0.133. The summed E-state index contributed by atoms with van der Waals surface area (Å²) in [7, 11) is 0. The van der Waals surface area contributed by atoms with Crippen LogP contribution in [0.4, 0.5) is 23.2 Å². The summed E-state index contributed by atoms with van der Waals surface area (Å²) in [6.07, 6.45) is -4.37. The third-order valence-electron chi connectivity index (χ3n) is 2.81. The van der Waals surface area contributed by atoms with Crippen LogP contribution in [0.5, 0.6) is 0 Å². The van der Waals surface area contributed by atoms with E-state index in [0.29, 0.717) is 17.8 Å². The highest BCUT2D eigenvalue weighted by Gasteiger charge is 2.29. The predicted molar refractivity (Wildman–Crippen MR) is 80.9 cm³/mol. The molecule has 2 N–H and O–H groups in total. The second kappa shape index (κ2) is 6.74. The summed E-state index contributed by atoms with van der Waals surface area (Å²) in [5, 5.41) is 5.86. The zero-order valence-corrected chi connectivity index (χ0v) is 12.1. The highest BCUT2D eigenvalue weighted by molar-refractivity contribution is 7.80. The van der Waals surface area contributed by atoms with E-state index in [4.69, 9.17) is 12.2 Å². The number of halogens is 4. The maximum absolute atomic E-state index is 13.0. The molecule has 0 saturated carbocycles. The molecule has 0 radical (unpaired) electrons. The SMILES string of the molecule is Fc1cccc(CNC(=S)Nc2ccc(C(F)(F)F)cc2)c1. The Balaban J connectivity index is 1.89. The molecule has 2 nitrogen and oxygen atoms in total. The molecule has 0 bridgehead atoms. The van der Waals surface area contributed by atoms with E-state index in [1.54, 1.807) is 12.1 Å². The maximum Gasteiger partial charge on any atom is 0.416 e. The van der Waals surface area contributed by atoms with Gasteiger partial charge in [-0.3, -0.25) is 0 Å². The van der Waals surface area contributed by atoms with Crippen molar-refractivity contribution in [1.82, 2.24) is 5.32 Å². The molecule has 0 spiro atoms. The minimum absolute atomic E-state index is 0.240. The summed E-state index contributed by atoms with van der Waals surface area (Å²) in [6, 6.07) is 10.5. The van der Waals surface area contributed by atoms with Crippen LogP contribution >= 0.6 is 12.2 Å². The van der Waals surface area contributed by atoms with Crippen molar-refractivity contribution in [2.45, 2.75) is 12.7 Å². The van der Waals surface area contributed by atoms with Crippen molar-refractivity contribution in [3.63, 3.8) is 0 Å². The first-order valence-corrected chi connectivity index (χ1v) is 6.72. The Hall–Kier alpha value is -2.15. The highest BCUT2D eigenvalue weighted by Crippen LogP contribution is 2.29. The summed E-state index contributed by atoms with van der Waals surface area (Å²) in [6.45, 7) is 0.310. The first-order chi connectivity index (χ1) is 10.3. The van der Waals surface area contributed by atoms with Gasteiger partial charge in [0.2, 0.25) is 0 Å². The molecule has 2 rings (SSSR count). The summed E-state index contributed by atoms with van der Waals surface area (Å²) < 4.78 is 50.3. The van der Waals surface area contributed by atoms with Crippen molar-refractivity contribution in [3.05, 3.63) is 65.5 Å². The first kappa shape index (κ1) is 16.2. The van der Waals surface area contributed by atoms with E-state index in [-0.39, 0.29) is 10.9 Å². The fourth-order valence-electron chi connectivity index (χ4n) is 1.75. The molecule has 0 amide bonds. The normalized spacial score (nSPS) is 11.1.